The Balaban J connectivity index is 1.87. The van der Waals surface area contributed by atoms with Gasteiger partial charge in [-0.3, -0.25) is 15.1 Å². The lowest BCUT2D eigenvalue weighted by atomic mass is 10.2. The highest BCUT2D eigenvalue weighted by Gasteiger charge is 2.34. The zero-order valence-electron chi connectivity index (χ0n) is 10.6. The van der Waals surface area contributed by atoms with E-state index in [2.05, 4.69) is 25.5 Å². The molecule has 0 unspecified atom stereocenters. The van der Waals surface area contributed by atoms with Gasteiger partial charge in [-0.15, -0.1) is 0 Å². The monoisotopic (exact) mass is 293 g/mol. The summed E-state index contributed by atoms with van der Waals surface area (Å²) in [7, 11) is 0. The van der Waals surface area contributed by atoms with Gasteiger partial charge in [0.2, 0.25) is 0 Å². The van der Waals surface area contributed by atoms with Gasteiger partial charge < -0.3 is 5.32 Å². The number of rotatable bonds is 3. The lowest BCUT2D eigenvalue weighted by Gasteiger charge is -2.12. The molecule has 0 aliphatic carbocycles. The van der Waals surface area contributed by atoms with Gasteiger partial charge in [0.05, 0.1) is 11.9 Å². The minimum Gasteiger partial charge on any atom is -0.379 e. The summed E-state index contributed by atoms with van der Waals surface area (Å²) in [5, 5.41) is 9.56. The SMILES string of the molecule is FC(F)(F)c1ncccc1CNc1ccnc2cn[nH]c12. The normalized spacial score (nSPS) is 11.8. The third-order valence-electron chi connectivity index (χ3n) is 2.97. The van der Waals surface area contributed by atoms with Gasteiger partial charge in [-0.2, -0.15) is 18.3 Å². The van der Waals surface area contributed by atoms with Crippen LogP contribution in [-0.4, -0.2) is 20.2 Å². The number of hydrogen-bond acceptors (Lipinski definition) is 4. The molecule has 3 rings (SSSR count). The van der Waals surface area contributed by atoms with Crippen molar-refractivity contribution < 1.29 is 13.2 Å². The summed E-state index contributed by atoms with van der Waals surface area (Å²) in [6.07, 6.45) is -0.231. The molecule has 8 heteroatoms. The van der Waals surface area contributed by atoms with Crippen LogP contribution in [0.3, 0.4) is 0 Å². The van der Waals surface area contributed by atoms with Crippen LogP contribution in [0, 0.1) is 0 Å². The van der Waals surface area contributed by atoms with Crippen LogP contribution >= 0.6 is 0 Å². The molecule has 0 radical (unpaired) electrons. The summed E-state index contributed by atoms with van der Waals surface area (Å²) in [6.45, 7) is 0.000810. The van der Waals surface area contributed by atoms with Crippen LogP contribution in [-0.2, 0) is 12.7 Å². The maximum atomic E-state index is 12.9. The molecular formula is C13H10F3N5. The second kappa shape index (κ2) is 5.04. The zero-order valence-corrected chi connectivity index (χ0v) is 10.6. The highest BCUT2D eigenvalue weighted by Crippen LogP contribution is 2.30. The number of halogens is 3. The second-order valence-electron chi connectivity index (χ2n) is 4.35. The van der Waals surface area contributed by atoms with Crippen LogP contribution < -0.4 is 5.32 Å². The Morgan fingerprint density at radius 3 is 2.81 bits per heavy atom. The van der Waals surface area contributed by atoms with Crippen molar-refractivity contribution in [3.8, 4) is 0 Å². The number of alkyl halides is 3. The molecule has 0 aromatic carbocycles. The van der Waals surface area contributed by atoms with Crippen molar-refractivity contribution >= 4 is 16.7 Å². The molecular weight excluding hydrogens is 283 g/mol. The van der Waals surface area contributed by atoms with E-state index < -0.39 is 11.9 Å². The molecule has 21 heavy (non-hydrogen) atoms. The number of hydrogen-bond donors (Lipinski definition) is 2. The summed E-state index contributed by atoms with van der Waals surface area (Å²) in [5.41, 5.74) is 1.12. The maximum Gasteiger partial charge on any atom is 0.433 e. The number of fused-ring (bicyclic) bond motifs is 1. The quantitative estimate of drug-likeness (QED) is 0.779. The highest BCUT2D eigenvalue weighted by molar-refractivity contribution is 5.86. The van der Waals surface area contributed by atoms with E-state index in [1.54, 1.807) is 18.5 Å². The van der Waals surface area contributed by atoms with Crippen LogP contribution in [0.25, 0.3) is 11.0 Å². The number of H-pyrrole nitrogens is 1. The van der Waals surface area contributed by atoms with Crippen LogP contribution in [0.4, 0.5) is 18.9 Å². The molecule has 0 aliphatic rings. The van der Waals surface area contributed by atoms with Gasteiger partial charge in [-0.25, -0.2) is 0 Å². The number of anilines is 1. The average Bonchev–Trinajstić information content (AvgIpc) is 2.93. The Kier molecular flexibility index (Phi) is 3.20. The Morgan fingerprint density at radius 2 is 2.00 bits per heavy atom. The fourth-order valence-corrected chi connectivity index (χ4v) is 2.03. The van der Waals surface area contributed by atoms with Crippen molar-refractivity contribution in [2.45, 2.75) is 12.7 Å². The maximum absolute atomic E-state index is 12.9. The van der Waals surface area contributed by atoms with Crippen LogP contribution in [0.1, 0.15) is 11.3 Å². The van der Waals surface area contributed by atoms with Crippen molar-refractivity contribution in [3.05, 3.63) is 48.0 Å². The Hall–Kier alpha value is -2.64. The van der Waals surface area contributed by atoms with Gasteiger partial charge in [-0.1, -0.05) is 6.07 Å². The van der Waals surface area contributed by atoms with E-state index in [-0.39, 0.29) is 12.1 Å². The van der Waals surface area contributed by atoms with Gasteiger partial charge in [-0.05, 0) is 12.1 Å². The van der Waals surface area contributed by atoms with E-state index in [1.165, 1.54) is 12.1 Å². The van der Waals surface area contributed by atoms with Crippen molar-refractivity contribution in [2.75, 3.05) is 5.32 Å². The Morgan fingerprint density at radius 1 is 1.14 bits per heavy atom. The summed E-state index contributed by atoms with van der Waals surface area (Å²) in [6, 6.07) is 4.54. The molecule has 0 saturated carbocycles. The number of nitrogens with zero attached hydrogens (tertiary/aromatic N) is 3. The smallest absolute Gasteiger partial charge is 0.379 e. The molecule has 0 fully saturated rings. The van der Waals surface area contributed by atoms with E-state index in [0.717, 1.165) is 6.20 Å². The van der Waals surface area contributed by atoms with Gasteiger partial charge in [0, 0.05) is 24.5 Å². The summed E-state index contributed by atoms with van der Waals surface area (Å²) < 4.78 is 38.6. The lowest BCUT2D eigenvalue weighted by molar-refractivity contribution is -0.141. The van der Waals surface area contributed by atoms with E-state index in [4.69, 9.17) is 0 Å². The standard InChI is InChI=1S/C13H10F3N5/c14-13(15,16)12-8(2-1-4-18-12)6-19-9-3-5-17-10-7-20-21-11(9)10/h1-5,7H,6H2,(H,17,19)(H,20,21). The van der Waals surface area contributed by atoms with Gasteiger partial charge >= 0.3 is 6.18 Å². The molecule has 0 bridgehead atoms. The zero-order chi connectivity index (χ0) is 14.9. The first-order valence-electron chi connectivity index (χ1n) is 6.09. The predicted octanol–water partition coefficient (Wildman–Crippen LogP) is 2.98. The topological polar surface area (TPSA) is 66.5 Å². The summed E-state index contributed by atoms with van der Waals surface area (Å²) >= 11 is 0. The van der Waals surface area contributed by atoms with Crippen molar-refractivity contribution in [1.29, 1.82) is 0 Å². The van der Waals surface area contributed by atoms with Crippen molar-refractivity contribution in [2.24, 2.45) is 0 Å². The molecule has 108 valence electrons. The van der Waals surface area contributed by atoms with E-state index in [0.29, 0.717) is 16.7 Å². The molecule has 0 atom stereocenters. The molecule has 0 aliphatic heterocycles. The number of aromatic amines is 1. The average molecular weight is 293 g/mol. The number of pyridine rings is 2. The summed E-state index contributed by atoms with van der Waals surface area (Å²) in [4.78, 5) is 7.50. The largest absolute Gasteiger partial charge is 0.433 e. The first kappa shape index (κ1) is 13.3. The minimum atomic E-state index is -4.47. The molecule has 2 N–H and O–H groups in total. The first-order valence-corrected chi connectivity index (χ1v) is 6.09. The van der Waals surface area contributed by atoms with Gasteiger partial charge in [0.1, 0.15) is 16.7 Å². The third kappa shape index (κ3) is 2.64. The lowest BCUT2D eigenvalue weighted by Crippen LogP contribution is -2.14. The molecule has 0 amide bonds. The Bertz CT molecular complexity index is 766. The fourth-order valence-electron chi connectivity index (χ4n) is 2.03. The predicted molar refractivity (Wildman–Crippen MR) is 70.5 cm³/mol. The first-order chi connectivity index (χ1) is 10.1. The highest BCUT2D eigenvalue weighted by atomic mass is 19.4. The van der Waals surface area contributed by atoms with Crippen molar-refractivity contribution in [1.82, 2.24) is 20.2 Å². The molecule has 0 spiro atoms. The molecule has 3 aromatic rings. The van der Waals surface area contributed by atoms with Crippen LogP contribution in [0.15, 0.2) is 36.8 Å². The van der Waals surface area contributed by atoms with Crippen molar-refractivity contribution in [3.63, 3.8) is 0 Å². The van der Waals surface area contributed by atoms with Crippen LogP contribution in [0.5, 0.6) is 0 Å². The second-order valence-corrected chi connectivity index (χ2v) is 4.35. The third-order valence-corrected chi connectivity index (χ3v) is 2.97. The molecule has 0 saturated heterocycles. The van der Waals surface area contributed by atoms with E-state index >= 15 is 0 Å². The molecule has 5 nitrogen and oxygen atoms in total. The molecule has 3 heterocycles. The fraction of sp³-hybridized carbons (Fsp3) is 0.154. The number of nitrogens with one attached hydrogen (secondary N) is 2. The van der Waals surface area contributed by atoms with E-state index in [1.807, 2.05) is 0 Å². The van der Waals surface area contributed by atoms with Crippen LogP contribution in [0.2, 0.25) is 0 Å². The van der Waals surface area contributed by atoms with E-state index in [9.17, 15) is 13.2 Å². The Labute approximate surface area is 117 Å². The molecule has 3 aromatic heterocycles. The van der Waals surface area contributed by atoms with Gasteiger partial charge in [0.25, 0.3) is 0 Å². The van der Waals surface area contributed by atoms with Gasteiger partial charge in [0.15, 0.2) is 0 Å². The number of aromatic nitrogens is 4. The summed E-state index contributed by atoms with van der Waals surface area (Å²) in [5.74, 6) is 0. The minimum absolute atomic E-state index is 0.000810.